The summed E-state index contributed by atoms with van der Waals surface area (Å²) in [5, 5.41) is 3.83. The van der Waals surface area contributed by atoms with E-state index in [4.69, 9.17) is 11.4 Å². The number of terminal acetylenes is 1. The van der Waals surface area contributed by atoms with Crippen LogP contribution in [0.5, 0.6) is 0 Å². The number of carbonyl (C=O) groups is 1. The summed E-state index contributed by atoms with van der Waals surface area (Å²) in [6.45, 7) is 4.53. The number of benzene rings is 1. The van der Waals surface area contributed by atoms with Crippen molar-refractivity contribution in [2.24, 2.45) is 0 Å². The monoisotopic (exact) mass is 397 g/mol. The zero-order valence-electron chi connectivity index (χ0n) is 15.1. The van der Waals surface area contributed by atoms with Gasteiger partial charge in [0.1, 0.15) is 4.83 Å². The number of aromatic nitrogens is 2. The van der Waals surface area contributed by atoms with E-state index >= 15 is 0 Å². The Balaban J connectivity index is 2.01. The summed E-state index contributed by atoms with van der Waals surface area (Å²) in [6.07, 6.45) is 5.16. The minimum absolute atomic E-state index is 0.0720. The molecule has 0 bridgehead atoms. The Morgan fingerprint density at radius 1 is 1.33 bits per heavy atom. The van der Waals surface area contributed by atoms with E-state index in [2.05, 4.69) is 11.2 Å². The van der Waals surface area contributed by atoms with Crippen LogP contribution in [0.2, 0.25) is 0 Å². The van der Waals surface area contributed by atoms with Gasteiger partial charge < -0.3 is 5.32 Å². The van der Waals surface area contributed by atoms with E-state index in [1.54, 1.807) is 4.57 Å². The standard InChI is InChI=1S/C20H19N3O2S2/c1-4-10-21-16(24)12-26-20-22-18-17(13(2)14(3)27-18)19(25)23(20)11-15-8-6-5-7-9-15/h1,5-9H,10-12H2,2-3H3,(H,21,24). The van der Waals surface area contributed by atoms with Gasteiger partial charge in [-0.2, -0.15) is 0 Å². The number of rotatable bonds is 6. The smallest absolute Gasteiger partial charge is 0.263 e. The summed E-state index contributed by atoms with van der Waals surface area (Å²) in [6, 6.07) is 9.75. The number of thiophene rings is 1. The SMILES string of the molecule is C#CCNC(=O)CSc1nc2sc(C)c(C)c2c(=O)n1Cc1ccccc1. The highest BCUT2D eigenvalue weighted by molar-refractivity contribution is 7.99. The molecule has 1 aromatic carbocycles. The van der Waals surface area contributed by atoms with E-state index in [9.17, 15) is 9.59 Å². The van der Waals surface area contributed by atoms with E-state index in [-0.39, 0.29) is 23.8 Å². The van der Waals surface area contributed by atoms with Crippen molar-refractivity contribution in [3.05, 3.63) is 56.7 Å². The van der Waals surface area contributed by atoms with Crippen LogP contribution in [0.25, 0.3) is 10.2 Å². The van der Waals surface area contributed by atoms with Crippen LogP contribution in [0, 0.1) is 26.2 Å². The highest BCUT2D eigenvalue weighted by atomic mass is 32.2. The van der Waals surface area contributed by atoms with E-state index in [0.29, 0.717) is 21.9 Å². The van der Waals surface area contributed by atoms with Gasteiger partial charge in [0.15, 0.2) is 5.16 Å². The van der Waals surface area contributed by atoms with Crippen LogP contribution >= 0.6 is 23.1 Å². The molecule has 3 aromatic rings. The number of nitrogens with one attached hydrogen (secondary N) is 1. The summed E-state index contributed by atoms with van der Waals surface area (Å²) in [4.78, 5) is 31.6. The van der Waals surface area contributed by atoms with Crippen LogP contribution in [-0.2, 0) is 11.3 Å². The van der Waals surface area contributed by atoms with Crippen LogP contribution < -0.4 is 10.9 Å². The maximum atomic E-state index is 13.2. The fourth-order valence-corrected chi connectivity index (χ4v) is 4.55. The molecule has 0 aliphatic heterocycles. The fraction of sp³-hybridized carbons (Fsp3) is 0.250. The molecule has 0 aliphatic carbocycles. The van der Waals surface area contributed by atoms with E-state index in [1.165, 1.54) is 23.1 Å². The minimum Gasteiger partial charge on any atom is -0.344 e. The molecule has 0 spiro atoms. The minimum atomic E-state index is -0.183. The van der Waals surface area contributed by atoms with Gasteiger partial charge in [0.25, 0.3) is 5.56 Å². The average Bonchev–Trinajstić information content (AvgIpc) is 2.95. The third-order valence-electron chi connectivity index (χ3n) is 4.16. The van der Waals surface area contributed by atoms with Crippen molar-refractivity contribution in [1.29, 1.82) is 0 Å². The first-order chi connectivity index (χ1) is 13.0. The molecule has 5 nitrogen and oxygen atoms in total. The lowest BCUT2D eigenvalue weighted by Crippen LogP contribution is -2.27. The quantitative estimate of drug-likeness (QED) is 0.395. The van der Waals surface area contributed by atoms with Gasteiger partial charge >= 0.3 is 0 Å². The van der Waals surface area contributed by atoms with Gasteiger partial charge in [-0.15, -0.1) is 17.8 Å². The van der Waals surface area contributed by atoms with Crippen LogP contribution in [0.4, 0.5) is 0 Å². The second kappa shape index (κ2) is 8.42. The van der Waals surface area contributed by atoms with Crippen molar-refractivity contribution < 1.29 is 4.79 Å². The van der Waals surface area contributed by atoms with E-state index < -0.39 is 0 Å². The highest BCUT2D eigenvalue weighted by Crippen LogP contribution is 2.28. The average molecular weight is 398 g/mol. The molecule has 1 N–H and O–H groups in total. The van der Waals surface area contributed by atoms with Gasteiger partial charge in [-0.3, -0.25) is 14.2 Å². The normalized spacial score (nSPS) is 10.7. The van der Waals surface area contributed by atoms with Crippen molar-refractivity contribution in [2.75, 3.05) is 12.3 Å². The predicted octanol–water partition coefficient (Wildman–Crippen LogP) is 2.96. The lowest BCUT2D eigenvalue weighted by Gasteiger charge is -2.12. The Morgan fingerprint density at radius 2 is 2.07 bits per heavy atom. The number of thioether (sulfide) groups is 1. The van der Waals surface area contributed by atoms with Crippen molar-refractivity contribution in [3.63, 3.8) is 0 Å². The zero-order chi connectivity index (χ0) is 19.4. The first-order valence-electron chi connectivity index (χ1n) is 8.38. The van der Waals surface area contributed by atoms with E-state index in [1.807, 2.05) is 44.2 Å². The van der Waals surface area contributed by atoms with Gasteiger partial charge in [0.05, 0.1) is 24.2 Å². The van der Waals surface area contributed by atoms with Crippen molar-refractivity contribution in [2.45, 2.75) is 25.5 Å². The molecule has 1 amide bonds. The lowest BCUT2D eigenvalue weighted by molar-refractivity contribution is -0.118. The predicted molar refractivity (Wildman–Crippen MR) is 111 cm³/mol. The second-order valence-corrected chi connectivity index (χ2v) is 8.15. The molecule has 0 fully saturated rings. The summed E-state index contributed by atoms with van der Waals surface area (Å²) >= 11 is 2.75. The molecule has 7 heteroatoms. The van der Waals surface area contributed by atoms with E-state index in [0.717, 1.165) is 16.0 Å². The van der Waals surface area contributed by atoms with Crippen LogP contribution in [-0.4, -0.2) is 27.8 Å². The third kappa shape index (κ3) is 4.24. The van der Waals surface area contributed by atoms with Crippen molar-refractivity contribution in [1.82, 2.24) is 14.9 Å². The molecule has 0 saturated heterocycles. The molecule has 0 aliphatic rings. The van der Waals surface area contributed by atoms with Gasteiger partial charge in [0.2, 0.25) is 5.91 Å². The number of fused-ring (bicyclic) bond motifs is 1. The third-order valence-corrected chi connectivity index (χ3v) is 6.23. The fourth-order valence-electron chi connectivity index (χ4n) is 2.66. The number of amides is 1. The maximum Gasteiger partial charge on any atom is 0.263 e. The van der Waals surface area contributed by atoms with Crippen LogP contribution in [0.1, 0.15) is 16.0 Å². The second-order valence-electron chi connectivity index (χ2n) is 6.00. The van der Waals surface area contributed by atoms with Gasteiger partial charge in [-0.1, -0.05) is 48.0 Å². The molecule has 0 radical (unpaired) electrons. The first-order valence-corrected chi connectivity index (χ1v) is 10.2. The van der Waals surface area contributed by atoms with Crippen LogP contribution in [0.15, 0.2) is 40.3 Å². The molecule has 27 heavy (non-hydrogen) atoms. The summed E-state index contributed by atoms with van der Waals surface area (Å²) in [5.74, 6) is 2.34. The molecule has 138 valence electrons. The highest BCUT2D eigenvalue weighted by Gasteiger charge is 2.17. The Hall–Kier alpha value is -2.56. The number of aryl methyl sites for hydroxylation is 2. The molecule has 0 unspecified atom stereocenters. The largest absolute Gasteiger partial charge is 0.344 e. The van der Waals surface area contributed by atoms with Gasteiger partial charge in [-0.05, 0) is 25.0 Å². The van der Waals surface area contributed by atoms with Crippen molar-refractivity contribution in [3.8, 4) is 12.3 Å². The van der Waals surface area contributed by atoms with Gasteiger partial charge in [0, 0.05) is 4.88 Å². The molecule has 0 saturated carbocycles. The Labute approximate surface area is 165 Å². The molecular weight excluding hydrogens is 378 g/mol. The molecule has 2 heterocycles. The van der Waals surface area contributed by atoms with Crippen LogP contribution in [0.3, 0.4) is 0 Å². The molecule has 2 aromatic heterocycles. The molecular formula is C20H19N3O2S2. The number of carbonyl (C=O) groups excluding carboxylic acids is 1. The Kier molecular flexibility index (Phi) is 5.99. The molecule has 0 atom stereocenters. The summed E-state index contributed by atoms with van der Waals surface area (Å²) < 4.78 is 1.65. The number of hydrogen-bond acceptors (Lipinski definition) is 5. The number of nitrogens with zero attached hydrogens (tertiary/aromatic N) is 2. The summed E-state index contributed by atoms with van der Waals surface area (Å²) in [7, 11) is 0. The van der Waals surface area contributed by atoms with Gasteiger partial charge in [-0.25, -0.2) is 4.98 Å². The lowest BCUT2D eigenvalue weighted by atomic mass is 10.2. The Bertz CT molecular complexity index is 1080. The topological polar surface area (TPSA) is 64.0 Å². The first kappa shape index (κ1) is 19.2. The zero-order valence-corrected chi connectivity index (χ0v) is 16.7. The Morgan fingerprint density at radius 3 is 2.78 bits per heavy atom. The van der Waals surface area contributed by atoms with Crippen molar-refractivity contribution >= 4 is 39.2 Å². The summed E-state index contributed by atoms with van der Waals surface area (Å²) in [5.41, 5.74) is 1.90. The maximum absolute atomic E-state index is 13.2. The number of hydrogen-bond donors (Lipinski definition) is 1. The molecule has 3 rings (SSSR count).